The maximum atomic E-state index is 12.4. The number of carbonyl (C=O) groups excluding carboxylic acids is 1. The molecule has 164 valence electrons. The Balaban J connectivity index is 0.000000419. The zero-order chi connectivity index (χ0) is 21.2. The fourth-order valence-electron chi connectivity index (χ4n) is 7.38. The smallest absolute Gasteiger partial charge is 0.139 e. The molecule has 3 heteroatoms. The first-order chi connectivity index (χ1) is 13.2. The highest BCUT2D eigenvalue weighted by atomic mass is 16.5. The Morgan fingerprint density at radius 1 is 1.00 bits per heavy atom. The van der Waals surface area contributed by atoms with Crippen molar-refractivity contribution in [1.82, 2.24) is 0 Å². The van der Waals surface area contributed by atoms with Gasteiger partial charge in [-0.25, -0.2) is 0 Å². The van der Waals surface area contributed by atoms with Gasteiger partial charge in [0.2, 0.25) is 0 Å². The summed E-state index contributed by atoms with van der Waals surface area (Å²) in [7, 11) is 1.68. The molecule has 4 aliphatic carbocycles. The maximum Gasteiger partial charge on any atom is 0.139 e. The molecule has 0 aromatic carbocycles. The van der Waals surface area contributed by atoms with Gasteiger partial charge in [-0.3, -0.25) is 4.79 Å². The SMILES string of the molecule is CC.CC12CCC3C4CCC(=O)[C@@]4(C)CCC3[C@@]1(C)CC[C@H](O)C2.CCOC. The first-order valence-electron chi connectivity index (χ1n) is 11.9. The van der Waals surface area contributed by atoms with Gasteiger partial charge < -0.3 is 9.84 Å². The van der Waals surface area contributed by atoms with Gasteiger partial charge in [-0.2, -0.15) is 0 Å². The first-order valence-corrected chi connectivity index (χ1v) is 11.9. The molecule has 28 heavy (non-hydrogen) atoms. The molecule has 0 amide bonds. The number of hydrogen-bond donors (Lipinski definition) is 1. The summed E-state index contributed by atoms with van der Waals surface area (Å²) < 4.78 is 4.54. The van der Waals surface area contributed by atoms with E-state index in [1.165, 1.54) is 25.7 Å². The lowest BCUT2D eigenvalue weighted by molar-refractivity contribution is -0.169. The minimum Gasteiger partial charge on any atom is -0.393 e. The van der Waals surface area contributed by atoms with Crippen LogP contribution in [-0.4, -0.2) is 30.7 Å². The number of methoxy groups -OCH3 is 1. The molecule has 7 atom stereocenters. The van der Waals surface area contributed by atoms with E-state index in [1.807, 2.05) is 20.8 Å². The van der Waals surface area contributed by atoms with E-state index in [0.717, 1.165) is 50.5 Å². The molecular weight excluding hydrogens is 348 g/mol. The molecule has 4 saturated carbocycles. The van der Waals surface area contributed by atoms with Crippen molar-refractivity contribution in [3.05, 3.63) is 0 Å². The molecule has 0 spiro atoms. The summed E-state index contributed by atoms with van der Waals surface area (Å²) in [6.45, 7) is 14.0. The normalized spacial score (nSPS) is 46.8. The Labute approximate surface area is 174 Å². The van der Waals surface area contributed by atoms with Gasteiger partial charge in [-0.1, -0.05) is 34.6 Å². The molecule has 0 bridgehead atoms. The number of aliphatic hydroxyl groups is 1. The van der Waals surface area contributed by atoms with Gasteiger partial charge >= 0.3 is 0 Å². The summed E-state index contributed by atoms with van der Waals surface area (Å²) in [6.07, 6.45) is 9.95. The van der Waals surface area contributed by atoms with Crippen molar-refractivity contribution in [3.8, 4) is 0 Å². The third-order valence-corrected chi connectivity index (χ3v) is 9.34. The molecule has 0 saturated heterocycles. The number of hydrogen-bond acceptors (Lipinski definition) is 3. The van der Waals surface area contributed by atoms with Crippen molar-refractivity contribution in [2.24, 2.45) is 34.0 Å². The van der Waals surface area contributed by atoms with Crippen LogP contribution in [0.3, 0.4) is 0 Å². The average molecular weight is 395 g/mol. The molecule has 0 heterocycles. The van der Waals surface area contributed by atoms with Crippen molar-refractivity contribution < 1.29 is 14.6 Å². The zero-order valence-electron chi connectivity index (χ0n) is 19.6. The molecule has 0 aromatic rings. The summed E-state index contributed by atoms with van der Waals surface area (Å²) >= 11 is 0. The summed E-state index contributed by atoms with van der Waals surface area (Å²) in [5.74, 6) is 2.74. The number of ketones is 1. The number of fused-ring (bicyclic) bond motifs is 5. The van der Waals surface area contributed by atoms with E-state index >= 15 is 0 Å². The number of aliphatic hydroxyl groups excluding tert-OH is 1. The average Bonchev–Trinajstić information content (AvgIpc) is 2.99. The van der Waals surface area contributed by atoms with Crippen molar-refractivity contribution in [2.75, 3.05) is 13.7 Å². The minimum atomic E-state index is -0.0865. The van der Waals surface area contributed by atoms with Crippen LogP contribution in [0.1, 0.15) is 99.3 Å². The van der Waals surface area contributed by atoms with Crippen LogP contribution in [0.2, 0.25) is 0 Å². The van der Waals surface area contributed by atoms with Crippen molar-refractivity contribution >= 4 is 5.78 Å². The monoisotopic (exact) mass is 394 g/mol. The highest BCUT2D eigenvalue weighted by molar-refractivity contribution is 5.87. The number of carbonyl (C=O) groups is 1. The second kappa shape index (κ2) is 9.16. The van der Waals surface area contributed by atoms with Crippen LogP contribution in [-0.2, 0) is 9.53 Å². The van der Waals surface area contributed by atoms with Crippen LogP contribution in [0.25, 0.3) is 0 Å². The summed E-state index contributed by atoms with van der Waals surface area (Å²) in [4.78, 5) is 12.4. The van der Waals surface area contributed by atoms with Crippen LogP contribution < -0.4 is 0 Å². The lowest BCUT2D eigenvalue weighted by Crippen LogP contribution is -2.58. The zero-order valence-corrected chi connectivity index (χ0v) is 19.6. The number of rotatable bonds is 1. The Bertz CT molecular complexity index is 530. The van der Waals surface area contributed by atoms with Crippen molar-refractivity contribution in [2.45, 2.75) is 105 Å². The quantitative estimate of drug-likeness (QED) is 0.591. The lowest BCUT2D eigenvalue weighted by Gasteiger charge is -2.64. The molecule has 4 fully saturated rings. The van der Waals surface area contributed by atoms with Crippen LogP contribution in [0.15, 0.2) is 0 Å². The van der Waals surface area contributed by atoms with E-state index in [9.17, 15) is 9.90 Å². The highest BCUT2D eigenvalue weighted by Crippen LogP contribution is 2.69. The lowest BCUT2D eigenvalue weighted by atomic mass is 9.40. The van der Waals surface area contributed by atoms with Crippen LogP contribution >= 0.6 is 0 Å². The third kappa shape index (κ3) is 3.83. The van der Waals surface area contributed by atoms with E-state index in [-0.39, 0.29) is 11.5 Å². The van der Waals surface area contributed by atoms with Crippen molar-refractivity contribution in [1.29, 1.82) is 0 Å². The second-order valence-corrected chi connectivity index (χ2v) is 10.3. The maximum absolute atomic E-state index is 12.4. The number of Topliss-reactive ketones (excluding diaryl/α,β-unsaturated/α-hetero) is 1. The first kappa shape index (κ1) is 23.9. The molecular formula is C25H46O3. The van der Waals surface area contributed by atoms with Gasteiger partial charge in [-0.15, -0.1) is 0 Å². The van der Waals surface area contributed by atoms with Gasteiger partial charge in [0.15, 0.2) is 0 Å². The van der Waals surface area contributed by atoms with Gasteiger partial charge in [0.05, 0.1) is 6.10 Å². The van der Waals surface area contributed by atoms with E-state index < -0.39 is 0 Å². The van der Waals surface area contributed by atoms with Crippen LogP contribution in [0, 0.1) is 34.0 Å². The summed E-state index contributed by atoms with van der Waals surface area (Å²) in [6, 6.07) is 0. The molecule has 4 aliphatic rings. The Kier molecular flexibility index (Phi) is 7.81. The van der Waals surface area contributed by atoms with E-state index in [2.05, 4.69) is 25.5 Å². The molecule has 0 aliphatic heterocycles. The molecule has 3 nitrogen and oxygen atoms in total. The molecule has 0 radical (unpaired) electrons. The predicted molar refractivity (Wildman–Crippen MR) is 116 cm³/mol. The van der Waals surface area contributed by atoms with E-state index in [0.29, 0.717) is 22.5 Å². The van der Waals surface area contributed by atoms with Gasteiger partial charge in [0.25, 0.3) is 0 Å². The highest BCUT2D eigenvalue weighted by Gasteiger charge is 2.63. The second-order valence-electron chi connectivity index (χ2n) is 10.3. The van der Waals surface area contributed by atoms with Gasteiger partial charge in [0, 0.05) is 25.6 Å². The molecule has 0 aromatic heterocycles. The molecule has 4 rings (SSSR count). The molecule has 1 N–H and O–H groups in total. The van der Waals surface area contributed by atoms with Crippen LogP contribution in [0.5, 0.6) is 0 Å². The Morgan fingerprint density at radius 3 is 2.25 bits per heavy atom. The van der Waals surface area contributed by atoms with Gasteiger partial charge in [0.1, 0.15) is 5.78 Å². The largest absolute Gasteiger partial charge is 0.393 e. The fraction of sp³-hybridized carbons (Fsp3) is 0.960. The topological polar surface area (TPSA) is 46.5 Å². The van der Waals surface area contributed by atoms with Crippen LogP contribution in [0.4, 0.5) is 0 Å². The summed E-state index contributed by atoms with van der Waals surface area (Å²) in [5.41, 5.74) is 0.684. The fourth-order valence-corrected chi connectivity index (χ4v) is 7.38. The minimum absolute atomic E-state index is 0.000547. The van der Waals surface area contributed by atoms with Gasteiger partial charge in [-0.05, 0) is 86.9 Å². The van der Waals surface area contributed by atoms with E-state index in [4.69, 9.17) is 0 Å². The molecule has 4 unspecified atom stereocenters. The predicted octanol–water partition coefficient (Wildman–Crippen LogP) is 6.03. The van der Waals surface area contributed by atoms with Crippen molar-refractivity contribution in [3.63, 3.8) is 0 Å². The Hall–Kier alpha value is -0.410. The third-order valence-electron chi connectivity index (χ3n) is 9.34. The summed E-state index contributed by atoms with van der Waals surface area (Å²) in [5, 5.41) is 10.2. The number of ether oxygens (including phenoxy) is 1. The Morgan fingerprint density at radius 2 is 1.64 bits per heavy atom. The standard InChI is InChI=1S/C20H32O2.C3H8O.C2H6/c1-18-9-7-14-15-4-5-17(22)19(15,2)10-8-16(14)20(18,3)11-6-13(21)12-18;1-3-4-2;1-2/h13-16,21H,4-12H2,1-3H3;3H2,1-2H3;1-2H3/t13-,14?,15?,16?,18?,19-,20+;;/m0../s1. The van der Waals surface area contributed by atoms with E-state index in [1.54, 1.807) is 7.11 Å².